The number of hydrogen-bond donors (Lipinski definition) is 3. The van der Waals surface area contributed by atoms with Crippen molar-refractivity contribution in [1.29, 1.82) is 0 Å². The molecule has 1 saturated carbocycles. The Morgan fingerprint density at radius 3 is 2.27 bits per heavy atom. The van der Waals surface area contributed by atoms with Crippen molar-refractivity contribution in [1.82, 2.24) is 15.3 Å². The lowest BCUT2D eigenvalue weighted by Gasteiger charge is -2.36. The number of ether oxygens (including phenoxy) is 1. The molecule has 1 atom stereocenters. The molecule has 0 unspecified atom stereocenters. The van der Waals surface area contributed by atoms with Crippen LogP contribution in [0, 0.1) is 17.3 Å². The van der Waals surface area contributed by atoms with Crippen LogP contribution in [0.3, 0.4) is 0 Å². The summed E-state index contributed by atoms with van der Waals surface area (Å²) in [5.74, 6) is 1.04. The number of halogens is 2. The number of aromatic carboxylic acids is 1. The first-order valence-corrected chi connectivity index (χ1v) is 16.1. The lowest BCUT2D eigenvalue weighted by atomic mass is 9.69. The Kier molecular flexibility index (Phi) is 10.2. The van der Waals surface area contributed by atoms with Crippen molar-refractivity contribution in [2.45, 2.75) is 65.5 Å². The van der Waals surface area contributed by atoms with Gasteiger partial charge in [0.1, 0.15) is 18.2 Å². The van der Waals surface area contributed by atoms with Gasteiger partial charge >= 0.3 is 5.97 Å². The minimum absolute atomic E-state index is 0.0217. The molecule has 7 nitrogen and oxygen atoms in total. The van der Waals surface area contributed by atoms with Gasteiger partial charge < -0.3 is 20.1 Å². The van der Waals surface area contributed by atoms with E-state index in [-0.39, 0.29) is 28.8 Å². The van der Waals surface area contributed by atoms with Gasteiger partial charge in [-0.1, -0.05) is 68.2 Å². The number of carboxylic acids is 1. The highest BCUT2D eigenvalue weighted by Gasteiger charge is 2.33. The molecule has 1 fully saturated rings. The van der Waals surface area contributed by atoms with Crippen LogP contribution in [0.2, 0.25) is 10.0 Å². The number of rotatable bonds is 10. The van der Waals surface area contributed by atoms with E-state index in [1.807, 2.05) is 30.3 Å². The molecule has 0 radical (unpaired) electrons. The molecule has 0 spiro atoms. The van der Waals surface area contributed by atoms with E-state index in [0.29, 0.717) is 46.3 Å². The third-order valence-corrected chi connectivity index (χ3v) is 9.29. The summed E-state index contributed by atoms with van der Waals surface area (Å²) in [4.78, 5) is 32.8. The lowest BCUT2D eigenvalue weighted by molar-refractivity contribution is -0.127. The number of imidazole rings is 1. The zero-order chi connectivity index (χ0) is 32.1. The van der Waals surface area contributed by atoms with Gasteiger partial charge in [-0.15, -0.1) is 0 Å². The first kappa shape index (κ1) is 32.6. The van der Waals surface area contributed by atoms with E-state index in [2.05, 4.69) is 31.1 Å². The molecule has 45 heavy (non-hydrogen) atoms. The molecular weight excluding hydrogens is 609 g/mol. The van der Waals surface area contributed by atoms with Crippen LogP contribution < -0.4 is 10.1 Å². The Morgan fingerprint density at radius 1 is 0.978 bits per heavy atom. The fourth-order valence-corrected chi connectivity index (χ4v) is 6.45. The molecular formula is C36H39Cl2N3O4. The van der Waals surface area contributed by atoms with Gasteiger partial charge in [0.05, 0.1) is 22.3 Å². The number of hydrogen-bond acceptors (Lipinski definition) is 4. The Hall–Kier alpha value is -3.81. The summed E-state index contributed by atoms with van der Waals surface area (Å²) in [6.07, 6.45) is 6.21. The summed E-state index contributed by atoms with van der Waals surface area (Å²) in [5.41, 5.74) is 3.81. The van der Waals surface area contributed by atoms with E-state index < -0.39 is 5.97 Å². The molecule has 0 aliphatic heterocycles. The lowest BCUT2D eigenvalue weighted by Crippen LogP contribution is -2.38. The van der Waals surface area contributed by atoms with Crippen LogP contribution in [-0.2, 0) is 17.8 Å². The molecule has 4 aromatic rings. The predicted molar refractivity (Wildman–Crippen MR) is 178 cm³/mol. The fraction of sp³-hybridized carbons (Fsp3) is 0.361. The zero-order valence-corrected chi connectivity index (χ0v) is 27.3. The van der Waals surface area contributed by atoms with Crippen LogP contribution in [0.1, 0.15) is 79.8 Å². The second-order valence-electron chi connectivity index (χ2n) is 12.9. The second-order valence-corrected chi connectivity index (χ2v) is 13.8. The molecule has 9 heteroatoms. The van der Waals surface area contributed by atoms with Crippen molar-refractivity contribution in [3.05, 3.63) is 105 Å². The van der Waals surface area contributed by atoms with Gasteiger partial charge in [0.15, 0.2) is 0 Å². The number of nitrogens with one attached hydrogen (secondary N) is 2. The van der Waals surface area contributed by atoms with E-state index in [4.69, 9.17) is 38.0 Å². The van der Waals surface area contributed by atoms with Gasteiger partial charge in [0, 0.05) is 22.7 Å². The SMILES string of the molecule is CC(C)(C)C1CCC(C(=O)N[C@@H](Cc2ccc(OCc3ccc(C(=O)O)cc3)cc2)c2nc(-c3ccc(Cl)cc3Cl)c[nH]2)CC1. The topological polar surface area (TPSA) is 104 Å². The molecule has 5 rings (SSSR count). The van der Waals surface area contributed by atoms with E-state index in [0.717, 1.165) is 42.4 Å². The fourth-order valence-electron chi connectivity index (χ4n) is 5.95. The van der Waals surface area contributed by atoms with Crippen molar-refractivity contribution in [2.75, 3.05) is 0 Å². The van der Waals surface area contributed by atoms with Crippen molar-refractivity contribution in [3.8, 4) is 17.0 Å². The standard InChI is InChI=1S/C36H39Cl2N3O4/c1-36(2,3)26-12-10-24(11-13-26)34(42)41-31(33-39-20-32(40-33)29-17-14-27(37)19-30(29)38)18-22-6-15-28(16-7-22)45-21-23-4-8-25(9-5-23)35(43)44/h4-9,14-17,19-20,24,26,31H,10-13,18,21H2,1-3H3,(H,39,40)(H,41,42)(H,43,44)/t24?,26?,31-/m0/s1. The number of aromatic amines is 1. The number of carboxylic acid groups (broad SMARTS) is 1. The number of aromatic nitrogens is 2. The van der Waals surface area contributed by atoms with Gasteiger partial charge in [-0.3, -0.25) is 4.79 Å². The first-order chi connectivity index (χ1) is 21.5. The van der Waals surface area contributed by atoms with Crippen LogP contribution >= 0.6 is 23.2 Å². The minimum Gasteiger partial charge on any atom is -0.489 e. The molecule has 0 bridgehead atoms. The van der Waals surface area contributed by atoms with Crippen LogP contribution in [0.15, 0.2) is 72.9 Å². The maximum absolute atomic E-state index is 13.6. The van der Waals surface area contributed by atoms with Gasteiger partial charge in [0.25, 0.3) is 0 Å². The van der Waals surface area contributed by atoms with Crippen molar-refractivity contribution in [3.63, 3.8) is 0 Å². The van der Waals surface area contributed by atoms with Crippen LogP contribution in [-0.4, -0.2) is 27.0 Å². The van der Waals surface area contributed by atoms with Crippen LogP contribution in [0.4, 0.5) is 0 Å². The molecule has 236 valence electrons. The Labute approximate surface area is 274 Å². The molecule has 1 aromatic heterocycles. The van der Waals surface area contributed by atoms with Gasteiger partial charge in [-0.2, -0.15) is 0 Å². The number of amides is 1. The summed E-state index contributed by atoms with van der Waals surface area (Å²) in [5, 5.41) is 13.5. The number of carbonyl (C=O) groups excluding carboxylic acids is 1. The van der Waals surface area contributed by atoms with Gasteiger partial charge in [-0.05, 0) is 97.0 Å². The highest BCUT2D eigenvalue weighted by molar-refractivity contribution is 6.36. The largest absolute Gasteiger partial charge is 0.489 e. The zero-order valence-electron chi connectivity index (χ0n) is 25.8. The minimum atomic E-state index is -0.958. The third kappa shape index (κ3) is 8.47. The predicted octanol–water partition coefficient (Wildman–Crippen LogP) is 8.91. The Bertz CT molecular complexity index is 1620. The normalized spacial score (nSPS) is 17.4. The third-order valence-electron chi connectivity index (χ3n) is 8.74. The molecule has 0 saturated heterocycles. The van der Waals surface area contributed by atoms with E-state index in [1.165, 1.54) is 0 Å². The van der Waals surface area contributed by atoms with Crippen molar-refractivity contribution in [2.24, 2.45) is 17.3 Å². The number of H-pyrrole nitrogens is 1. The number of carbonyl (C=O) groups is 2. The first-order valence-electron chi connectivity index (χ1n) is 15.3. The van der Waals surface area contributed by atoms with E-state index in [1.54, 1.807) is 42.6 Å². The van der Waals surface area contributed by atoms with E-state index >= 15 is 0 Å². The molecule has 3 N–H and O–H groups in total. The van der Waals surface area contributed by atoms with Gasteiger partial charge in [0.2, 0.25) is 5.91 Å². The quantitative estimate of drug-likeness (QED) is 0.159. The average molecular weight is 649 g/mol. The van der Waals surface area contributed by atoms with Crippen molar-refractivity contribution < 1.29 is 19.4 Å². The number of benzene rings is 3. The molecule has 1 aliphatic carbocycles. The summed E-state index contributed by atoms with van der Waals surface area (Å²) in [6.45, 7) is 7.16. The highest BCUT2D eigenvalue weighted by atomic mass is 35.5. The number of nitrogens with zero attached hydrogens (tertiary/aromatic N) is 1. The summed E-state index contributed by atoms with van der Waals surface area (Å²) in [6, 6.07) is 19.3. The second kappa shape index (κ2) is 14.1. The maximum Gasteiger partial charge on any atom is 0.335 e. The Morgan fingerprint density at radius 2 is 1.64 bits per heavy atom. The molecule has 3 aromatic carbocycles. The molecule has 1 aliphatic rings. The van der Waals surface area contributed by atoms with Crippen molar-refractivity contribution >= 4 is 35.1 Å². The monoisotopic (exact) mass is 647 g/mol. The van der Waals surface area contributed by atoms with E-state index in [9.17, 15) is 9.59 Å². The average Bonchev–Trinajstić information content (AvgIpc) is 3.50. The molecule has 1 amide bonds. The van der Waals surface area contributed by atoms with Crippen LogP contribution in [0.5, 0.6) is 5.75 Å². The summed E-state index contributed by atoms with van der Waals surface area (Å²) >= 11 is 12.6. The highest BCUT2D eigenvalue weighted by Crippen LogP contribution is 2.40. The summed E-state index contributed by atoms with van der Waals surface area (Å²) < 4.78 is 5.93. The Balaban J connectivity index is 1.29. The summed E-state index contributed by atoms with van der Waals surface area (Å²) in [7, 11) is 0. The van der Waals surface area contributed by atoms with Gasteiger partial charge in [-0.25, -0.2) is 9.78 Å². The maximum atomic E-state index is 13.6. The molecule has 1 heterocycles. The van der Waals surface area contributed by atoms with Crippen LogP contribution in [0.25, 0.3) is 11.3 Å². The smallest absolute Gasteiger partial charge is 0.335 e.